The Morgan fingerprint density at radius 2 is 2.14 bits per heavy atom. The Labute approximate surface area is 90.5 Å². The number of aromatic nitrogens is 2. The second-order valence-electron chi connectivity index (χ2n) is 2.74. The molecule has 0 unspecified atom stereocenters. The first-order valence-electron chi connectivity index (χ1n) is 4.15. The molecule has 14 heavy (non-hydrogen) atoms. The van der Waals surface area contributed by atoms with E-state index in [4.69, 9.17) is 4.74 Å². The number of ether oxygens (including phenoxy) is 1. The summed E-state index contributed by atoms with van der Waals surface area (Å²) in [5.41, 5.74) is 0.972. The first kappa shape index (κ1) is 9.27. The highest BCUT2D eigenvalue weighted by Gasteiger charge is 2.06. The van der Waals surface area contributed by atoms with E-state index >= 15 is 0 Å². The van der Waals surface area contributed by atoms with Gasteiger partial charge in [0.2, 0.25) is 0 Å². The third-order valence-corrected chi connectivity index (χ3v) is 2.53. The van der Waals surface area contributed by atoms with E-state index in [1.165, 1.54) is 0 Å². The normalized spacial score (nSPS) is 10.1. The molecule has 4 heteroatoms. The Kier molecular flexibility index (Phi) is 2.54. The van der Waals surface area contributed by atoms with Crippen LogP contribution >= 0.6 is 15.9 Å². The summed E-state index contributed by atoms with van der Waals surface area (Å²) >= 11 is 3.36. The SMILES string of the molecule is COc1ccccc1-n1ccnc1Br. The minimum absolute atomic E-state index is 0.766. The first-order chi connectivity index (χ1) is 6.83. The van der Waals surface area contributed by atoms with Gasteiger partial charge in [0.15, 0.2) is 4.73 Å². The van der Waals surface area contributed by atoms with Crippen LogP contribution in [-0.4, -0.2) is 16.7 Å². The van der Waals surface area contributed by atoms with Gasteiger partial charge in [-0.05, 0) is 28.1 Å². The van der Waals surface area contributed by atoms with E-state index in [1.54, 1.807) is 13.3 Å². The summed E-state index contributed by atoms with van der Waals surface area (Å²) in [4.78, 5) is 4.09. The van der Waals surface area contributed by atoms with E-state index in [0.717, 1.165) is 16.2 Å². The lowest BCUT2D eigenvalue weighted by molar-refractivity contribution is 0.412. The number of hydrogen-bond donors (Lipinski definition) is 0. The van der Waals surface area contributed by atoms with E-state index in [2.05, 4.69) is 20.9 Å². The molecule has 72 valence electrons. The number of hydrogen-bond acceptors (Lipinski definition) is 2. The quantitative estimate of drug-likeness (QED) is 0.822. The number of methoxy groups -OCH3 is 1. The van der Waals surface area contributed by atoms with Crippen molar-refractivity contribution in [3.63, 3.8) is 0 Å². The molecule has 0 atom stereocenters. The maximum atomic E-state index is 5.25. The molecule has 2 rings (SSSR count). The summed E-state index contributed by atoms with van der Waals surface area (Å²) in [6.07, 6.45) is 3.61. The average molecular weight is 253 g/mol. The lowest BCUT2D eigenvalue weighted by Crippen LogP contribution is -1.96. The van der Waals surface area contributed by atoms with Gasteiger partial charge in [0.25, 0.3) is 0 Å². The van der Waals surface area contributed by atoms with E-state index in [9.17, 15) is 0 Å². The minimum Gasteiger partial charge on any atom is -0.495 e. The van der Waals surface area contributed by atoms with Gasteiger partial charge < -0.3 is 4.74 Å². The van der Waals surface area contributed by atoms with Crippen molar-refractivity contribution in [2.75, 3.05) is 7.11 Å². The third-order valence-electron chi connectivity index (χ3n) is 1.94. The van der Waals surface area contributed by atoms with Crippen LogP contribution in [0.4, 0.5) is 0 Å². The van der Waals surface area contributed by atoms with Gasteiger partial charge in [-0.2, -0.15) is 0 Å². The molecule has 0 aliphatic heterocycles. The highest BCUT2D eigenvalue weighted by molar-refractivity contribution is 9.10. The largest absolute Gasteiger partial charge is 0.495 e. The maximum Gasteiger partial charge on any atom is 0.181 e. The van der Waals surface area contributed by atoms with Gasteiger partial charge in [-0.15, -0.1) is 0 Å². The van der Waals surface area contributed by atoms with E-state index in [1.807, 2.05) is 35.0 Å². The summed E-state index contributed by atoms with van der Waals surface area (Å²) in [5, 5.41) is 0. The molecule has 0 saturated heterocycles. The van der Waals surface area contributed by atoms with Crippen molar-refractivity contribution in [1.82, 2.24) is 9.55 Å². The van der Waals surface area contributed by atoms with Crippen molar-refractivity contribution in [3.8, 4) is 11.4 Å². The summed E-state index contributed by atoms with van der Waals surface area (Å²) in [7, 11) is 1.66. The zero-order valence-corrected chi connectivity index (χ0v) is 9.23. The Morgan fingerprint density at radius 3 is 2.79 bits per heavy atom. The van der Waals surface area contributed by atoms with E-state index in [0.29, 0.717) is 0 Å². The van der Waals surface area contributed by atoms with Gasteiger partial charge in [0.05, 0.1) is 12.8 Å². The molecular formula is C10H9BrN2O. The van der Waals surface area contributed by atoms with Gasteiger partial charge in [-0.3, -0.25) is 4.57 Å². The highest BCUT2D eigenvalue weighted by Crippen LogP contribution is 2.24. The van der Waals surface area contributed by atoms with Crippen LogP contribution in [0.15, 0.2) is 41.4 Å². The number of imidazole rings is 1. The Bertz CT molecular complexity index is 439. The highest BCUT2D eigenvalue weighted by atomic mass is 79.9. The van der Waals surface area contributed by atoms with Crippen LogP contribution in [0, 0.1) is 0 Å². The number of halogens is 1. The third kappa shape index (κ3) is 1.53. The molecule has 2 aromatic rings. The van der Waals surface area contributed by atoms with Crippen LogP contribution in [0.3, 0.4) is 0 Å². The zero-order valence-electron chi connectivity index (χ0n) is 7.64. The molecule has 0 aliphatic rings. The molecule has 0 amide bonds. The minimum atomic E-state index is 0.766. The van der Waals surface area contributed by atoms with Crippen LogP contribution in [-0.2, 0) is 0 Å². The lowest BCUT2D eigenvalue weighted by Gasteiger charge is -2.09. The van der Waals surface area contributed by atoms with Crippen molar-refractivity contribution in [2.45, 2.75) is 0 Å². The van der Waals surface area contributed by atoms with Crippen LogP contribution in [0.2, 0.25) is 0 Å². The van der Waals surface area contributed by atoms with Crippen LogP contribution < -0.4 is 4.74 Å². The van der Waals surface area contributed by atoms with Gasteiger partial charge in [0.1, 0.15) is 5.75 Å². The smallest absolute Gasteiger partial charge is 0.181 e. The average Bonchev–Trinajstić information content (AvgIpc) is 2.64. The summed E-state index contributed by atoms with van der Waals surface area (Å²) < 4.78 is 7.94. The summed E-state index contributed by atoms with van der Waals surface area (Å²) in [5.74, 6) is 0.825. The number of nitrogens with zero attached hydrogens (tertiary/aromatic N) is 2. The van der Waals surface area contributed by atoms with Gasteiger partial charge >= 0.3 is 0 Å². The molecule has 0 spiro atoms. The Hall–Kier alpha value is -1.29. The molecule has 1 heterocycles. The van der Waals surface area contributed by atoms with Crippen molar-refractivity contribution >= 4 is 15.9 Å². The fraction of sp³-hybridized carbons (Fsp3) is 0.100. The molecule has 0 saturated carbocycles. The van der Waals surface area contributed by atoms with Gasteiger partial charge in [-0.25, -0.2) is 4.98 Å². The summed E-state index contributed by atoms with van der Waals surface area (Å²) in [6, 6.07) is 7.80. The fourth-order valence-corrected chi connectivity index (χ4v) is 1.72. The molecule has 0 aliphatic carbocycles. The zero-order chi connectivity index (χ0) is 9.97. The van der Waals surface area contributed by atoms with Crippen molar-refractivity contribution in [2.24, 2.45) is 0 Å². The monoisotopic (exact) mass is 252 g/mol. The molecule has 1 aromatic heterocycles. The molecule has 0 radical (unpaired) electrons. The first-order valence-corrected chi connectivity index (χ1v) is 4.94. The predicted molar refractivity (Wildman–Crippen MR) is 57.8 cm³/mol. The second-order valence-corrected chi connectivity index (χ2v) is 3.45. The maximum absolute atomic E-state index is 5.25. The van der Waals surface area contributed by atoms with Crippen molar-refractivity contribution < 1.29 is 4.74 Å². The standard InChI is InChI=1S/C10H9BrN2O/c1-14-9-5-3-2-4-8(9)13-7-6-12-10(13)11/h2-7H,1H3. The number of rotatable bonds is 2. The van der Waals surface area contributed by atoms with E-state index < -0.39 is 0 Å². The molecule has 0 bridgehead atoms. The Balaban J connectivity index is 2.56. The molecular weight excluding hydrogens is 244 g/mol. The number of para-hydroxylation sites is 2. The fourth-order valence-electron chi connectivity index (χ4n) is 1.29. The van der Waals surface area contributed by atoms with Gasteiger partial charge in [-0.1, -0.05) is 12.1 Å². The van der Waals surface area contributed by atoms with Gasteiger partial charge in [0, 0.05) is 12.4 Å². The van der Waals surface area contributed by atoms with E-state index in [-0.39, 0.29) is 0 Å². The predicted octanol–water partition coefficient (Wildman–Crippen LogP) is 2.64. The molecule has 0 N–H and O–H groups in total. The molecule has 1 aromatic carbocycles. The summed E-state index contributed by atoms with van der Waals surface area (Å²) in [6.45, 7) is 0. The Morgan fingerprint density at radius 1 is 1.36 bits per heavy atom. The van der Waals surface area contributed by atoms with Crippen molar-refractivity contribution in [1.29, 1.82) is 0 Å². The van der Waals surface area contributed by atoms with Crippen molar-refractivity contribution in [3.05, 3.63) is 41.4 Å². The van der Waals surface area contributed by atoms with Crippen LogP contribution in [0.5, 0.6) is 5.75 Å². The number of benzene rings is 1. The van der Waals surface area contributed by atoms with Crippen LogP contribution in [0.1, 0.15) is 0 Å². The molecule has 3 nitrogen and oxygen atoms in total. The van der Waals surface area contributed by atoms with Crippen LogP contribution in [0.25, 0.3) is 5.69 Å². The second kappa shape index (κ2) is 3.84. The molecule has 0 fully saturated rings. The lowest BCUT2D eigenvalue weighted by atomic mass is 10.3. The topological polar surface area (TPSA) is 27.1 Å².